The van der Waals surface area contributed by atoms with Gasteiger partial charge in [-0.25, -0.2) is 8.42 Å². The van der Waals surface area contributed by atoms with Gasteiger partial charge in [0, 0.05) is 30.8 Å². The minimum absolute atomic E-state index is 0.0641. The molecular formula is C32H31F3N2O7S. The van der Waals surface area contributed by atoms with Gasteiger partial charge in [-0.2, -0.15) is 17.5 Å². The van der Waals surface area contributed by atoms with Gasteiger partial charge in [-0.1, -0.05) is 18.2 Å². The molecule has 1 amide bonds. The normalized spacial score (nSPS) is 28.9. The Kier molecular flexibility index (Phi) is 6.70. The van der Waals surface area contributed by atoms with Crippen molar-refractivity contribution in [3.05, 3.63) is 83.3 Å². The van der Waals surface area contributed by atoms with Gasteiger partial charge in [0.1, 0.15) is 6.10 Å². The van der Waals surface area contributed by atoms with Gasteiger partial charge in [0.15, 0.2) is 11.5 Å². The number of alkyl halides is 3. The molecule has 9 nitrogen and oxygen atoms in total. The Balaban J connectivity index is 1.32. The van der Waals surface area contributed by atoms with Crippen LogP contribution in [0.4, 0.5) is 13.2 Å². The number of carbonyl (C=O) groups is 1. The van der Waals surface area contributed by atoms with E-state index in [0.717, 1.165) is 33.6 Å². The number of likely N-dealkylation sites (N-methyl/N-ethyl adjacent to an activating group) is 1. The van der Waals surface area contributed by atoms with E-state index in [1.165, 1.54) is 31.8 Å². The number of ether oxygens (including phenoxy) is 2. The first-order valence-electron chi connectivity index (χ1n) is 14.6. The van der Waals surface area contributed by atoms with E-state index >= 15 is 0 Å². The van der Waals surface area contributed by atoms with Gasteiger partial charge >= 0.3 is 6.18 Å². The zero-order chi connectivity index (χ0) is 31.9. The van der Waals surface area contributed by atoms with Gasteiger partial charge in [-0.05, 0) is 61.6 Å². The highest BCUT2D eigenvalue weighted by Gasteiger charge is 2.74. The predicted octanol–water partition coefficient (Wildman–Crippen LogP) is 4.39. The lowest BCUT2D eigenvalue weighted by Crippen LogP contribution is -2.78. The molecule has 7 rings (SSSR count). The Morgan fingerprint density at radius 2 is 1.96 bits per heavy atom. The summed E-state index contributed by atoms with van der Waals surface area (Å²) in [5.74, 6) is 0.586. The van der Waals surface area contributed by atoms with Crippen LogP contribution in [0.15, 0.2) is 70.4 Å². The van der Waals surface area contributed by atoms with Crippen LogP contribution in [0.25, 0.3) is 6.08 Å². The molecule has 2 bridgehead atoms. The largest absolute Gasteiger partial charge is 0.493 e. The fraction of sp³-hybridized carbons (Fsp3) is 0.406. The summed E-state index contributed by atoms with van der Waals surface area (Å²) in [6.07, 6.45) is 0.880. The summed E-state index contributed by atoms with van der Waals surface area (Å²) in [5, 5.41) is 12.8. The Morgan fingerprint density at radius 3 is 2.67 bits per heavy atom. The number of amides is 1. The first-order chi connectivity index (χ1) is 21.3. The molecule has 3 aromatic rings. The fourth-order valence-corrected chi connectivity index (χ4v) is 10.1. The third-order valence-electron chi connectivity index (χ3n) is 10.2. The van der Waals surface area contributed by atoms with E-state index in [1.54, 1.807) is 36.2 Å². The van der Waals surface area contributed by atoms with E-state index in [0.29, 0.717) is 17.1 Å². The van der Waals surface area contributed by atoms with Crippen molar-refractivity contribution in [2.24, 2.45) is 0 Å². The number of methoxy groups -OCH3 is 1. The summed E-state index contributed by atoms with van der Waals surface area (Å²) in [4.78, 5) is 14.1. The summed E-state index contributed by atoms with van der Waals surface area (Å²) in [7, 11) is -1.54. The summed E-state index contributed by atoms with van der Waals surface area (Å²) in [6, 6.07) is 7.76. The quantitative estimate of drug-likeness (QED) is 0.397. The molecule has 238 valence electrons. The molecule has 13 heteroatoms. The summed E-state index contributed by atoms with van der Waals surface area (Å²) < 4.78 is 88.5. The topological polar surface area (TPSA) is 110 Å². The Bertz CT molecular complexity index is 1810. The molecule has 4 aliphatic rings. The zero-order valence-electron chi connectivity index (χ0n) is 24.5. The van der Waals surface area contributed by atoms with E-state index in [4.69, 9.17) is 13.9 Å². The highest BCUT2D eigenvalue weighted by atomic mass is 32.2. The molecule has 1 saturated heterocycles. The lowest BCUT2D eigenvalue weighted by atomic mass is 9.48. The summed E-state index contributed by atoms with van der Waals surface area (Å²) in [6.45, 7) is -0.151. The first kappa shape index (κ1) is 29.9. The second-order valence-corrected chi connectivity index (χ2v) is 13.9. The van der Waals surface area contributed by atoms with E-state index in [9.17, 15) is 31.5 Å². The molecule has 2 aliphatic carbocycles. The van der Waals surface area contributed by atoms with Gasteiger partial charge in [-0.3, -0.25) is 4.79 Å². The summed E-state index contributed by atoms with van der Waals surface area (Å²) >= 11 is 0. The Hall–Kier alpha value is -3.81. The molecule has 2 fully saturated rings. The maximum absolute atomic E-state index is 14.1. The Morgan fingerprint density at radius 1 is 1.18 bits per heavy atom. The molecule has 2 aliphatic heterocycles. The third kappa shape index (κ3) is 4.13. The van der Waals surface area contributed by atoms with Crippen LogP contribution in [0.1, 0.15) is 41.5 Å². The number of benzene rings is 2. The molecule has 1 aromatic heterocycles. The third-order valence-corrected chi connectivity index (χ3v) is 12.1. The molecule has 5 atom stereocenters. The van der Waals surface area contributed by atoms with Crippen LogP contribution in [0.5, 0.6) is 11.5 Å². The number of aliphatic hydroxyl groups is 1. The number of halogens is 3. The van der Waals surface area contributed by atoms with E-state index in [1.807, 2.05) is 0 Å². The van der Waals surface area contributed by atoms with Crippen molar-refractivity contribution in [3.63, 3.8) is 0 Å². The molecule has 1 saturated carbocycles. The fourth-order valence-electron chi connectivity index (χ4n) is 8.19. The van der Waals surface area contributed by atoms with Crippen molar-refractivity contribution in [1.82, 2.24) is 9.21 Å². The monoisotopic (exact) mass is 644 g/mol. The second kappa shape index (κ2) is 10.1. The number of rotatable bonds is 6. The number of piperidine rings is 1. The molecule has 45 heavy (non-hydrogen) atoms. The smallest absolute Gasteiger partial charge is 0.417 e. The van der Waals surface area contributed by atoms with Gasteiger partial charge in [0.2, 0.25) is 15.9 Å². The van der Waals surface area contributed by atoms with Crippen molar-refractivity contribution in [2.45, 2.75) is 66.0 Å². The molecule has 0 radical (unpaired) electrons. The zero-order valence-corrected chi connectivity index (χ0v) is 25.3. The van der Waals surface area contributed by atoms with Gasteiger partial charge in [0.25, 0.3) is 0 Å². The van der Waals surface area contributed by atoms with Gasteiger partial charge < -0.3 is 23.9 Å². The highest BCUT2D eigenvalue weighted by molar-refractivity contribution is 7.89. The number of nitrogens with zero attached hydrogens (tertiary/aromatic N) is 2. The van der Waals surface area contributed by atoms with Crippen molar-refractivity contribution in [3.8, 4) is 11.5 Å². The molecule has 1 unspecified atom stereocenters. The van der Waals surface area contributed by atoms with Crippen LogP contribution in [0.3, 0.4) is 0 Å². The molecule has 1 spiro atoms. The van der Waals surface area contributed by atoms with Crippen LogP contribution >= 0.6 is 0 Å². The van der Waals surface area contributed by atoms with E-state index < -0.39 is 55.9 Å². The summed E-state index contributed by atoms with van der Waals surface area (Å²) in [5.41, 5.74) is -1.94. The second-order valence-electron chi connectivity index (χ2n) is 12.1. The predicted molar refractivity (Wildman–Crippen MR) is 155 cm³/mol. The molecule has 3 heterocycles. The van der Waals surface area contributed by atoms with Gasteiger partial charge in [0.05, 0.1) is 53.2 Å². The number of hydrogen-bond donors (Lipinski definition) is 1. The standard InChI is InChI=1S/C32H31F3N2O7S/c1-36(26(38)10-7-19-12-16-43-18-19)22-11-13-31(39)25-17-20-8-9-23(42-2)28-27(20)30(31,29(22)44-28)14-15-37(25)45(40,41)24-6-4-3-5-21(24)32(33,34)35/h3-10,12,16,18,22,25,29,39H,11,13-15,17H2,1-2H3/b10-7-/t22-,25-,29+,30?,31-/m1/s1. The average molecular weight is 645 g/mol. The van der Waals surface area contributed by atoms with E-state index in [-0.39, 0.29) is 38.1 Å². The number of furan rings is 1. The number of carbonyl (C=O) groups excluding carboxylic acids is 1. The van der Waals surface area contributed by atoms with E-state index in [2.05, 4.69) is 0 Å². The van der Waals surface area contributed by atoms with Crippen molar-refractivity contribution in [1.29, 1.82) is 0 Å². The molecular weight excluding hydrogens is 613 g/mol. The van der Waals surface area contributed by atoms with Crippen LogP contribution in [0.2, 0.25) is 0 Å². The Labute approximate surface area is 257 Å². The minimum atomic E-state index is -4.90. The maximum atomic E-state index is 14.1. The van der Waals surface area contributed by atoms with Gasteiger partial charge in [-0.15, -0.1) is 0 Å². The van der Waals surface area contributed by atoms with Crippen LogP contribution in [-0.4, -0.2) is 73.1 Å². The SMILES string of the molecule is COc1ccc2c3c1O[C@H]1[C@H](N(C)C(=O)/C=C\c4ccoc4)CC[C@@]4(O)[C@@H](C2)N(S(=O)(=O)c2ccccc2C(F)(F)F)CCC314. The average Bonchev–Trinajstić information content (AvgIpc) is 3.65. The minimum Gasteiger partial charge on any atom is -0.493 e. The van der Waals surface area contributed by atoms with Crippen LogP contribution in [0, 0.1) is 0 Å². The van der Waals surface area contributed by atoms with Crippen molar-refractivity contribution < 1.29 is 45.4 Å². The molecule has 1 N–H and O–H groups in total. The van der Waals surface area contributed by atoms with Crippen molar-refractivity contribution in [2.75, 3.05) is 20.7 Å². The van der Waals surface area contributed by atoms with Crippen LogP contribution < -0.4 is 9.47 Å². The number of hydrogen-bond acceptors (Lipinski definition) is 7. The first-order valence-corrected chi connectivity index (χ1v) is 16.0. The lowest BCUT2D eigenvalue weighted by Gasteiger charge is -2.64. The maximum Gasteiger partial charge on any atom is 0.417 e. The lowest BCUT2D eigenvalue weighted by molar-refractivity contribution is -0.186. The van der Waals surface area contributed by atoms with Crippen LogP contribution in [-0.2, 0) is 32.8 Å². The highest BCUT2D eigenvalue weighted by Crippen LogP contribution is 2.66. The number of sulfonamides is 1. The molecule has 2 aromatic carbocycles. The van der Waals surface area contributed by atoms with Crippen molar-refractivity contribution >= 4 is 22.0 Å².